The van der Waals surface area contributed by atoms with Crippen LogP contribution < -0.4 is 4.74 Å². The molecule has 2 unspecified atom stereocenters. The van der Waals surface area contributed by atoms with E-state index in [1.54, 1.807) is 7.11 Å². The summed E-state index contributed by atoms with van der Waals surface area (Å²) in [5.41, 5.74) is 1.31. The number of methoxy groups -OCH3 is 1. The summed E-state index contributed by atoms with van der Waals surface area (Å²) < 4.78 is 5.49. The van der Waals surface area contributed by atoms with Gasteiger partial charge in [-0.25, -0.2) is 0 Å². The molecule has 1 aliphatic heterocycles. The van der Waals surface area contributed by atoms with Gasteiger partial charge in [0.15, 0.2) is 0 Å². The molecule has 1 amide bonds. The minimum Gasteiger partial charge on any atom is -0.497 e. The summed E-state index contributed by atoms with van der Waals surface area (Å²) in [6.07, 6.45) is 0. The van der Waals surface area contributed by atoms with Crippen LogP contribution in [0.5, 0.6) is 5.75 Å². The molecule has 0 saturated carbocycles. The van der Waals surface area contributed by atoms with Crippen LogP contribution in [0.4, 0.5) is 0 Å². The minimum absolute atomic E-state index is 0.0302. The van der Waals surface area contributed by atoms with E-state index < -0.39 is 0 Å². The Morgan fingerprint density at radius 1 is 1.20 bits per heavy atom. The smallest absolute Gasteiger partial charge is 0.225 e. The van der Waals surface area contributed by atoms with Crippen molar-refractivity contribution in [3.63, 3.8) is 0 Å². The van der Waals surface area contributed by atoms with Crippen molar-refractivity contribution in [3.05, 3.63) is 52.2 Å². The quantitative estimate of drug-likeness (QED) is 0.556. The molecule has 0 spiro atoms. The predicted molar refractivity (Wildman–Crippen MR) is 125 cm³/mol. The van der Waals surface area contributed by atoms with Gasteiger partial charge in [-0.1, -0.05) is 45.9 Å². The van der Waals surface area contributed by atoms with Crippen LogP contribution in [-0.4, -0.2) is 49.0 Å². The molecule has 0 N–H and O–H groups in total. The monoisotopic (exact) mass is 428 g/mol. The fraction of sp³-hybridized carbons (Fsp3) is 0.560. The van der Waals surface area contributed by atoms with Crippen LogP contribution in [0.3, 0.4) is 0 Å². The van der Waals surface area contributed by atoms with Crippen molar-refractivity contribution in [1.82, 2.24) is 9.80 Å². The summed E-state index contributed by atoms with van der Waals surface area (Å²) >= 11 is 1.82. The maximum atomic E-state index is 12.9. The number of nitrogens with zero attached hydrogens (tertiary/aromatic N) is 2. The van der Waals surface area contributed by atoms with Crippen molar-refractivity contribution in [2.45, 2.75) is 40.2 Å². The Hall–Kier alpha value is -1.85. The van der Waals surface area contributed by atoms with Crippen LogP contribution >= 0.6 is 11.3 Å². The molecule has 1 aromatic carbocycles. The summed E-state index contributed by atoms with van der Waals surface area (Å²) in [7, 11) is 1.72. The molecule has 2 atom stereocenters. The van der Waals surface area contributed by atoms with Crippen molar-refractivity contribution in [3.8, 4) is 5.75 Å². The highest BCUT2D eigenvalue weighted by atomic mass is 32.1. The van der Waals surface area contributed by atoms with Gasteiger partial charge in [-0.15, -0.1) is 11.3 Å². The molecule has 2 heterocycles. The molecular formula is C25H36N2O2S. The Labute approximate surface area is 185 Å². The maximum Gasteiger partial charge on any atom is 0.225 e. The number of rotatable bonds is 9. The third kappa shape index (κ3) is 5.86. The zero-order valence-electron chi connectivity index (χ0n) is 19.0. The largest absolute Gasteiger partial charge is 0.497 e. The van der Waals surface area contributed by atoms with Gasteiger partial charge in [0.1, 0.15) is 5.75 Å². The summed E-state index contributed by atoms with van der Waals surface area (Å²) in [6.45, 7) is 13.1. The van der Waals surface area contributed by atoms with Crippen molar-refractivity contribution in [2.24, 2.45) is 17.8 Å². The van der Waals surface area contributed by atoms with E-state index in [4.69, 9.17) is 4.74 Å². The number of likely N-dealkylation sites (tertiary alicyclic amines) is 1. The zero-order valence-corrected chi connectivity index (χ0v) is 19.8. The van der Waals surface area contributed by atoms with Gasteiger partial charge < -0.3 is 9.64 Å². The van der Waals surface area contributed by atoms with E-state index in [9.17, 15) is 4.79 Å². The van der Waals surface area contributed by atoms with Crippen LogP contribution in [0.2, 0.25) is 0 Å². The Balaban J connectivity index is 1.83. The van der Waals surface area contributed by atoms with Crippen molar-refractivity contribution < 1.29 is 9.53 Å². The molecule has 2 aromatic rings. The van der Waals surface area contributed by atoms with Gasteiger partial charge in [0, 0.05) is 49.4 Å². The van der Waals surface area contributed by atoms with Crippen LogP contribution in [0.1, 0.15) is 44.1 Å². The molecule has 1 fully saturated rings. The molecule has 0 aliphatic carbocycles. The summed E-state index contributed by atoms with van der Waals surface area (Å²) in [5.74, 6) is 2.48. The number of thiophene rings is 1. The van der Waals surface area contributed by atoms with Crippen LogP contribution in [-0.2, 0) is 11.3 Å². The van der Waals surface area contributed by atoms with Gasteiger partial charge in [0.05, 0.1) is 7.11 Å². The summed E-state index contributed by atoms with van der Waals surface area (Å²) in [5, 5.41) is 2.15. The van der Waals surface area contributed by atoms with E-state index in [2.05, 4.69) is 59.4 Å². The summed E-state index contributed by atoms with van der Waals surface area (Å²) in [6, 6.07) is 12.8. The average molecular weight is 429 g/mol. The van der Waals surface area contributed by atoms with Gasteiger partial charge in [0.2, 0.25) is 5.91 Å². The van der Waals surface area contributed by atoms with Crippen molar-refractivity contribution in [1.29, 1.82) is 0 Å². The highest BCUT2D eigenvalue weighted by molar-refractivity contribution is 7.09. The number of ether oxygens (including phenoxy) is 1. The van der Waals surface area contributed by atoms with Gasteiger partial charge >= 0.3 is 0 Å². The Morgan fingerprint density at radius 2 is 2.00 bits per heavy atom. The highest BCUT2D eigenvalue weighted by Gasteiger charge is 2.36. The molecule has 4 nitrogen and oxygen atoms in total. The molecule has 164 valence electrons. The lowest BCUT2D eigenvalue weighted by Crippen LogP contribution is -2.41. The highest BCUT2D eigenvalue weighted by Crippen LogP contribution is 2.36. The number of hydrogen-bond acceptors (Lipinski definition) is 4. The third-order valence-corrected chi connectivity index (χ3v) is 6.71. The van der Waals surface area contributed by atoms with Gasteiger partial charge in [-0.3, -0.25) is 9.69 Å². The second-order valence-corrected chi connectivity index (χ2v) is 10.2. The molecular weight excluding hydrogens is 392 g/mol. The SMILES string of the molecule is COc1cccc(C2CN(Cc3cccs3)CC2CN(CC(C)C)C(=O)C(C)C)c1. The Kier molecular flexibility index (Phi) is 7.95. The van der Waals surface area contributed by atoms with E-state index in [-0.39, 0.29) is 11.8 Å². The van der Waals surface area contributed by atoms with E-state index >= 15 is 0 Å². The van der Waals surface area contributed by atoms with Gasteiger partial charge in [0.25, 0.3) is 0 Å². The van der Waals surface area contributed by atoms with Crippen molar-refractivity contribution in [2.75, 3.05) is 33.3 Å². The fourth-order valence-electron chi connectivity index (χ4n) is 4.49. The number of hydrogen-bond donors (Lipinski definition) is 0. The summed E-state index contributed by atoms with van der Waals surface area (Å²) in [4.78, 5) is 19.0. The first kappa shape index (κ1) is 22.8. The zero-order chi connectivity index (χ0) is 21.7. The van der Waals surface area contributed by atoms with E-state index in [1.807, 2.05) is 31.3 Å². The van der Waals surface area contributed by atoms with Gasteiger partial charge in [-0.2, -0.15) is 0 Å². The average Bonchev–Trinajstić information content (AvgIpc) is 3.36. The molecule has 3 rings (SSSR count). The molecule has 0 radical (unpaired) electrons. The Bertz CT molecular complexity index is 803. The number of carbonyl (C=O) groups excluding carboxylic acids is 1. The molecule has 30 heavy (non-hydrogen) atoms. The maximum absolute atomic E-state index is 12.9. The normalized spacial score (nSPS) is 19.6. The third-order valence-electron chi connectivity index (χ3n) is 5.84. The predicted octanol–water partition coefficient (Wildman–Crippen LogP) is 5.11. The number of carbonyl (C=O) groups is 1. The lowest BCUT2D eigenvalue weighted by molar-refractivity contribution is -0.135. The van der Waals surface area contributed by atoms with E-state index in [0.717, 1.165) is 38.5 Å². The lowest BCUT2D eigenvalue weighted by Gasteiger charge is -2.31. The standard InChI is InChI=1S/C25H36N2O2S/c1-18(2)13-27(25(28)19(3)4)15-21-14-26(16-23-10-7-11-30-23)17-24(21)20-8-6-9-22(12-20)29-5/h6-12,18-19,21,24H,13-17H2,1-5H3. The molecule has 1 aromatic heterocycles. The van der Waals surface area contributed by atoms with Crippen LogP contribution in [0.15, 0.2) is 41.8 Å². The minimum atomic E-state index is 0.0302. The van der Waals surface area contributed by atoms with Crippen molar-refractivity contribution >= 4 is 17.2 Å². The molecule has 1 saturated heterocycles. The first-order valence-electron chi connectivity index (χ1n) is 11.0. The molecule has 1 aliphatic rings. The van der Waals surface area contributed by atoms with Gasteiger partial charge in [-0.05, 0) is 41.0 Å². The van der Waals surface area contributed by atoms with E-state index in [1.165, 1.54) is 10.4 Å². The molecule has 5 heteroatoms. The topological polar surface area (TPSA) is 32.8 Å². The first-order chi connectivity index (χ1) is 14.4. The van der Waals surface area contributed by atoms with Crippen LogP contribution in [0, 0.1) is 17.8 Å². The fourth-order valence-corrected chi connectivity index (χ4v) is 5.24. The number of benzene rings is 1. The molecule has 0 bridgehead atoms. The van der Waals surface area contributed by atoms with E-state index in [0.29, 0.717) is 17.8 Å². The second kappa shape index (κ2) is 10.5. The first-order valence-corrected chi connectivity index (χ1v) is 11.9. The van der Waals surface area contributed by atoms with Crippen LogP contribution in [0.25, 0.3) is 0 Å². The second-order valence-electron chi connectivity index (χ2n) is 9.21. The lowest BCUT2D eigenvalue weighted by atomic mass is 9.88. The number of amides is 1. The Morgan fingerprint density at radius 3 is 2.63 bits per heavy atom.